The van der Waals surface area contributed by atoms with Gasteiger partial charge in [0, 0.05) is 37.2 Å². The van der Waals surface area contributed by atoms with Gasteiger partial charge in [0.15, 0.2) is 0 Å². The minimum Gasteiger partial charge on any atom is -0.391 e. The first-order chi connectivity index (χ1) is 13.9. The molecule has 0 atom stereocenters. The molecular weight excluding hydrogens is 378 g/mol. The molecule has 0 unspecified atom stereocenters. The van der Waals surface area contributed by atoms with Crippen LogP contribution >= 0.6 is 0 Å². The number of nitro benzene ring substituents is 1. The van der Waals surface area contributed by atoms with Crippen molar-refractivity contribution in [3.63, 3.8) is 0 Å². The summed E-state index contributed by atoms with van der Waals surface area (Å²) in [5.74, 6) is -0.624. The maximum atomic E-state index is 12.5. The molecule has 2 N–H and O–H groups in total. The second-order valence-electron chi connectivity index (χ2n) is 7.43. The molecule has 1 fully saturated rings. The van der Waals surface area contributed by atoms with Gasteiger partial charge in [0.25, 0.3) is 17.5 Å². The number of benzene rings is 1. The van der Waals surface area contributed by atoms with Gasteiger partial charge < -0.3 is 10.4 Å². The van der Waals surface area contributed by atoms with E-state index in [1.807, 2.05) is 0 Å². The second-order valence-corrected chi connectivity index (χ2v) is 7.43. The molecule has 3 rings (SSSR count). The lowest BCUT2D eigenvalue weighted by Crippen LogP contribution is -2.38. The Morgan fingerprint density at radius 1 is 1.17 bits per heavy atom. The molecule has 1 aliphatic carbocycles. The van der Waals surface area contributed by atoms with Crippen molar-refractivity contribution in [2.45, 2.75) is 38.8 Å². The molecule has 0 spiro atoms. The lowest BCUT2D eigenvalue weighted by Gasteiger charge is -2.30. The van der Waals surface area contributed by atoms with E-state index in [1.54, 1.807) is 6.07 Å². The molecule has 0 aromatic heterocycles. The number of carbonyl (C=O) groups is 3. The second kappa shape index (κ2) is 8.95. The van der Waals surface area contributed by atoms with E-state index in [0.29, 0.717) is 24.9 Å². The number of aliphatic hydroxyl groups is 1. The van der Waals surface area contributed by atoms with E-state index in [4.69, 9.17) is 5.11 Å². The van der Waals surface area contributed by atoms with Crippen LogP contribution in [-0.4, -0.2) is 39.2 Å². The van der Waals surface area contributed by atoms with Gasteiger partial charge in [0.1, 0.15) is 0 Å². The van der Waals surface area contributed by atoms with Gasteiger partial charge in [0.05, 0.1) is 17.1 Å². The Hall–Kier alpha value is -3.07. The molecule has 3 amide bonds. The van der Waals surface area contributed by atoms with Crippen molar-refractivity contribution in [1.82, 2.24) is 10.2 Å². The minimum atomic E-state index is -0.552. The summed E-state index contributed by atoms with van der Waals surface area (Å²) < 4.78 is 0. The van der Waals surface area contributed by atoms with Gasteiger partial charge in [-0.1, -0.05) is 6.07 Å². The SMILES string of the molecule is O=C(NCc1ccc(CO)c([N+](=O)[O-])c1)C1CCC(CN2C(=O)C=CC2=O)CC1. The van der Waals surface area contributed by atoms with Gasteiger partial charge in [-0.05, 0) is 43.2 Å². The summed E-state index contributed by atoms with van der Waals surface area (Å²) >= 11 is 0. The fraction of sp³-hybridized carbons (Fsp3) is 0.450. The van der Waals surface area contributed by atoms with Gasteiger partial charge in [-0.15, -0.1) is 0 Å². The highest BCUT2D eigenvalue weighted by molar-refractivity contribution is 6.12. The van der Waals surface area contributed by atoms with Crippen molar-refractivity contribution in [3.8, 4) is 0 Å². The summed E-state index contributed by atoms with van der Waals surface area (Å²) in [7, 11) is 0. The van der Waals surface area contributed by atoms with Gasteiger partial charge in [0.2, 0.25) is 5.91 Å². The normalized spacial score (nSPS) is 21.5. The standard InChI is InChI=1S/C20H23N3O6/c24-12-16-6-3-14(9-17(16)23(28)29)10-21-20(27)15-4-1-13(2-5-15)11-22-18(25)7-8-19(22)26/h3,6-9,13,15,24H,1-2,4-5,10-12H2,(H,21,27). The van der Waals surface area contributed by atoms with Crippen molar-refractivity contribution < 1.29 is 24.4 Å². The van der Waals surface area contributed by atoms with Crippen LogP contribution in [0.15, 0.2) is 30.4 Å². The largest absolute Gasteiger partial charge is 0.391 e. The van der Waals surface area contributed by atoms with Crippen LogP contribution in [0.4, 0.5) is 5.69 Å². The Bertz CT molecular complexity index is 840. The van der Waals surface area contributed by atoms with Crippen molar-refractivity contribution in [1.29, 1.82) is 0 Å². The third-order valence-electron chi connectivity index (χ3n) is 5.54. The van der Waals surface area contributed by atoms with Crippen LogP contribution in [0, 0.1) is 22.0 Å². The Labute approximate surface area is 167 Å². The summed E-state index contributed by atoms with van der Waals surface area (Å²) in [6.45, 7) is 0.143. The average Bonchev–Trinajstić information content (AvgIpc) is 3.04. The number of hydrogen-bond acceptors (Lipinski definition) is 6. The van der Waals surface area contributed by atoms with E-state index in [2.05, 4.69) is 5.32 Å². The van der Waals surface area contributed by atoms with E-state index in [1.165, 1.54) is 29.2 Å². The zero-order chi connectivity index (χ0) is 21.0. The first-order valence-corrected chi connectivity index (χ1v) is 9.57. The summed E-state index contributed by atoms with van der Waals surface area (Å²) in [5.41, 5.74) is 0.656. The van der Waals surface area contributed by atoms with Gasteiger partial charge in [-0.3, -0.25) is 29.4 Å². The predicted molar refractivity (Wildman–Crippen MR) is 102 cm³/mol. The van der Waals surface area contributed by atoms with Crippen LogP contribution in [0.1, 0.15) is 36.8 Å². The summed E-state index contributed by atoms with van der Waals surface area (Å²) in [4.78, 5) is 47.5. The Morgan fingerprint density at radius 3 is 2.41 bits per heavy atom. The lowest BCUT2D eigenvalue weighted by atomic mass is 9.81. The maximum Gasteiger partial charge on any atom is 0.275 e. The molecule has 0 saturated heterocycles. The molecule has 1 aromatic carbocycles. The molecule has 0 bridgehead atoms. The Kier molecular flexibility index (Phi) is 6.38. The van der Waals surface area contributed by atoms with Crippen LogP contribution < -0.4 is 5.32 Å². The number of aliphatic hydroxyl groups excluding tert-OH is 1. The number of imide groups is 1. The van der Waals surface area contributed by atoms with Crippen LogP contribution in [-0.2, 0) is 27.5 Å². The summed E-state index contributed by atoms with van der Waals surface area (Å²) in [5, 5.41) is 23.1. The summed E-state index contributed by atoms with van der Waals surface area (Å²) in [6.07, 6.45) is 5.41. The molecule has 154 valence electrons. The fourth-order valence-electron chi connectivity index (χ4n) is 3.83. The van der Waals surface area contributed by atoms with Crippen molar-refractivity contribution in [3.05, 3.63) is 51.6 Å². The Balaban J connectivity index is 1.48. The highest BCUT2D eigenvalue weighted by Gasteiger charge is 2.31. The number of nitrogens with zero attached hydrogens (tertiary/aromatic N) is 2. The highest BCUT2D eigenvalue weighted by Crippen LogP contribution is 2.30. The number of nitrogens with one attached hydrogen (secondary N) is 1. The first kappa shape index (κ1) is 20.7. The number of carbonyl (C=O) groups excluding carboxylic acids is 3. The van der Waals surface area contributed by atoms with Gasteiger partial charge in [-0.25, -0.2) is 0 Å². The van der Waals surface area contributed by atoms with Crippen LogP contribution in [0.3, 0.4) is 0 Å². The molecule has 1 heterocycles. The van der Waals surface area contributed by atoms with Crippen molar-refractivity contribution >= 4 is 23.4 Å². The van der Waals surface area contributed by atoms with Gasteiger partial charge >= 0.3 is 0 Å². The van der Waals surface area contributed by atoms with E-state index in [9.17, 15) is 24.5 Å². The smallest absolute Gasteiger partial charge is 0.275 e. The first-order valence-electron chi connectivity index (χ1n) is 9.57. The van der Waals surface area contributed by atoms with Gasteiger partial charge in [-0.2, -0.15) is 0 Å². The van der Waals surface area contributed by atoms with Crippen LogP contribution in [0.5, 0.6) is 0 Å². The molecule has 2 aliphatic rings. The fourth-order valence-corrected chi connectivity index (χ4v) is 3.83. The van der Waals surface area contributed by atoms with E-state index in [-0.39, 0.29) is 47.4 Å². The number of nitro groups is 1. The molecule has 1 aliphatic heterocycles. The Morgan fingerprint density at radius 2 is 1.83 bits per heavy atom. The molecular formula is C20H23N3O6. The third kappa shape index (κ3) is 4.86. The molecule has 1 saturated carbocycles. The molecule has 29 heavy (non-hydrogen) atoms. The maximum absolute atomic E-state index is 12.5. The topological polar surface area (TPSA) is 130 Å². The quantitative estimate of drug-likeness (QED) is 0.404. The molecule has 9 nitrogen and oxygen atoms in total. The zero-order valence-electron chi connectivity index (χ0n) is 15.9. The average molecular weight is 401 g/mol. The molecule has 0 radical (unpaired) electrons. The van der Waals surface area contributed by atoms with E-state index >= 15 is 0 Å². The third-order valence-corrected chi connectivity index (χ3v) is 5.54. The number of hydrogen-bond donors (Lipinski definition) is 2. The minimum absolute atomic E-state index is 0.104. The van der Waals surface area contributed by atoms with Crippen molar-refractivity contribution in [2.24, 2.45) is 11.8 Å². The van der Waals surface area contributed by atoms with Crippen LogP contribution in [0.2, 0.25) is 0 Å². The number of rotatable bonds is 7. The van der Waals surface area contributed by atoms with E-state index < -0.39 is 11.5 Å². The molecule has 1 aromatic rings. The van der Waals surface area contributed by atoms with E-state index in [0.717, 1.165) is 12.8 Å². The van der Waals surface area contributed by atoms with Crippen LogP contribution in [0.25, 0.3) is 0 Å². The lowest BCUT2D eigenvalue weighted by molar-refractivity contribution is -0.385. The predicted octanol–water partition coefficient (Wildman–Crippen LogP) is 1.43. The van der Waals surface area contributed by atoms with Crippen molar-refractivity contribution in [2.75, 3.05) is 6.54 Å². The zero-order valence-corrected chi connectivity index (χ0v) is 15.9. The molecule has 9 heteroatoms. The highest BCUT2D eigenvalue weighted by atomic mass is 16.6. The number of amides is 3. The monoisotopic (exact) mass is 401 g/mol. The summed E-state index contributed by atoms with van der Waals surface area (Å²) in [6, 6.07) is 4.50.